The van der Waals surface area contributed by atoms with Crippen molar-refractivity contribution in [1.29, 1.82) is 0 Å². The summed E-state index contributed by atoms with van der Waals surface area (Å²) in [5, 5.41) is 0.454. The first kappa shape index (κ1) is 24.6. The molecule has 0 saturated carbocycles. The lowest BCUT2D eigenvalue weighted by molar-refractivity contribution is 0.103. The van der Waals surface area contributed by atoms with Gasteiger partial charge in [0.2, 0.25) is 15.8 Å². The molecule has 182 valence electrons. The highest BCUT2D eigenvalue weighted by Gasteiger charge is 2.25. The molecule has 3 aromatic heterocycles. The van der Waals surface area contributed by atoms with Gasteiger partial charge in [0.15, 0.2) is 0 Å². The normalized spacial score (nSPS) is 16.2. The second kappa shape index (κ2) is 9.96. The molecule has 1 aliphatic heterocycles. The Morgan fingerprint density at radius 2 is 1.89 bits per heavy atom. The molecule has 0 amide bonds. The predicted molar refractivity (Wildman–Crippen MR) is 127 cm³/mol. The van der Waals surface area contributed by atoms with Crippen LogP contribution >= 0.6 is 0 Å². The number of halogens is 2. The maximum Gasteiger partial charge on any atom is 0.211 e. The van der Waals surface area contributed by atoms with Crippen LogP contribution in [0, 0.1) is 17.6 Å². The number of nitrogens with zero attached hydrogens (tertiary/aromatic N) is 4. The summed E-state index contributed by atoms with van der Waals surface area (Å²) in [5.41, 5.74) is 1.20. The summed E-state index contributed by atoms with van der Waals surface area (Å²) < 4.78 is 51.2. The number of H-pyrrole nitrogens is 1. The molecule has 4 aromatic rings. The van der Waals surface area contributed by atoms with E-state index in [2.05, 4.69) is 26.9 Å². The van der Waals surface area contributed by atoms with Crippen LogP contribution in [0.2, 0.25) is 0 Å². The number of fused-ring (bicyclic) bond motifs is 1. The van der Waals surface area contributed by atoms with Gasteiger partial charge in [-0.1, -0.05) is 13.0 Å². The monoisotopic (exact) mass is 499 g/mol. The Bertz CT molecular complexity index is 1460. The summed E-state index contributed by atoms with van der Waals surface area (Å²) in [6, 6.07) is 5.00. The molecule has 35 heavy (non-hydrogen) atoms. The Hall–Kier alpha value is -3.57. The number of carbonyl (C=O) groups is 1. The summed E-state index contributed by atoms with van der Waals surface area (Å²) in [5.74, 6) is -2.02. The number of rotatable bonds is 4. The van der Waals surface area contributed by atoms with Crippen molar-refractivity contribution < 1.29 is 22.0 Å². The number of pyridine rings is 1. The van der Waals surface area contributed by atoms with Crippen LogP contribution in [0.3, 0.4) is 0 Å². The van der Waals surface area contributed by atoms with E-state index >= 15 is 0 Å². The first-order chi connectivity index (χ1) is 16.6. The van der Waals surface area contributed by atoms with Crippen molar-refractivity contribution in [2.45, 2.75) is 13.3 Å². The van der Waals surface area contributed by atoms with Crippen molar-refractivity contribution in [2.75, 3.05) is 19.3 Å². The predicted octanol–water partition coefficient (Wildman–Crippen LogP) is 3.82. The second-order valence-electron chi connectivity index (χ2n) is 8.35. The molecule has 1 saturated heterocycles. The van der Waals surface area contributed by atoms with Gasteiger partial charge in [-0.2, -0.15) is 0 Å². The zero-order valence-corrected chi connectivity index (χ0v) is 19.9. The standard InChI is InChI=1S/C18H10F2N4O.C6H13NO2S/c19-13-2-1-3-14(20)16(13)17(25)12-8-24-18-11(12)6-10(7-23-18)15-9-21-4-5-22-15;1-6-3-4-7(5-6)10(2,8)9/h1-9H,(H,23,24);6H,3-5H2,1-2H3. The third kappa shape index (κ3) is 5.41. The summed E-state index contributed by atoms with van der Waals surface area (Å²) in [4.78, 5) is 27.9. The number of ketones is 1. The lowest BCUT2D eigenvalue weighted by Gasteiger charge is -2.10. The fourth-order valence-corrected chi connectivity index (χ4v) is 4.79. The zero-order chi connectivity index (χ0) is 25.2. The van der Waals surface area contributed by atoms with E-state index in [1.807, 2.05) is 0 Å². The van der Waals surface area contributed by atoms with Crippen molar-refractivity contribution in [3.63, 3.8) is 0 Å². The minimum absolute atomic E-state index is 0.136. The number of aromatic amines is 1. The number of nitrogens with one attached hydrogen (secondary N) is 1. The molecular formula is C24H23F2N5O3S. The fraction of sp³-hybridized carbons (Fsp3) is 0.250. The summed E-state index contributed by atoms with van der Waals surface area (Å²) >= 11 is 0. The molecule has 1 fully saturated rings. The summed E-state index contributed by atoms with van der Waals surface area (Å²) in [7, 11) is -2.90. The van der Waals surface area contributed by atoms with Crippen LogP contribution < -0.4 is 0 Å². The first-order valence-corrected chi connectivity index (χ1v) is 12.7. The average molecular weight is 500 g/mol. The van der Waals surface area contributed by atoms with E-state index < -0.39 is 33.0 Å². The first-order valence-electron chi connectivity index (χ1n) is 10.8. The van der Waals surface area contributed by atoms with E-state index in [-0.39, 0.29) is 5.56 Å². The van der Waals surface area contributed by atoms with Crippen LogP contribution in [0.1, 0.15) is 29.3 Å². The Morgan fingerprint density at radius 3 is 2.46 bits per heavy atom. The molecule has 5 rings (SSSR count). The van der Waals surface area contributed by atoms with Crippen LogP contribution in [0.4, 0.5) is 8.78 Å². The van der Waals surface area contributed by atoms with Crippen molar-refractivity contribution in [2.24, 2.45) is 5.92 Å². The van der Waals surface area contributed by atoms with Crippen LogP contribution in [0.25, 0.3) is 22.3 Å². The van der Waals surface area contributed by atoms with Gasteiger partial charge in [-0.25, -0.2) is 26.5 Å². The third-order valence-corrected chi connectivity index (χ3v) is 6.95. The molecule has 1 aliphatic rings. The number of aromatic nitrogens is 4. The van der Waals surface area contributed by atoms with Gasteiger partial charge in [0, 0.05) is 54.4 Å². The molecular weight excluding hydrogens is 476 g/mol. The maximum atomic E-state index is 13.9. The van der Waals surface area contributed by atoms with Crippen LogP contribution in [-0.4, -0.2) is 57.8 Å². The van der Waals surface area contributed by atoms with Gasteiger partial charge in [0.05, 0.1) is 23.7 Å². The highest BCUT2D eigenvalue weighted by atomic mass is 32.2. The van der Waals surface area contributed by atoms with Crippen LogP contribution in [-0.2, 0) is 10.0 Å². The SMILES string of the molecule is CC1CCN(S(C)(=O)=O)C1.O=C(c1c(F)cccc1F)c1c[nH]c2ncc(-c3cnccn3)cc12. The molecule has 1 N–H and O–H groups in total. The van der Waals surface area contributed by atoms with Crippen molar-refractivity contribution >= 4 is 26.8 Å². The Kier molecular flexibility index (Phi) is 6.99. The minimum Gasteiger partial charge on any atom is -0.345 e. The molecule has 0 radical (unpaired) electrons. The molecule has 11 heteroatoms. The zero-order valence-electron chi connectivity index (χ0n) is 19.1. The second-order valence-corrected chi connectivity index (χ2v) is 10.3. The van der Waals surface area contributed by atoms with E-state index in [9.17, 15) is 22.0 Å². The molecule has 1 unspecified atom stereocenters. The molecule has 1 aromatic carbocycles. The molecule has 0 bridgehead atoms. The van der Waals surface area contributed by atoms with Crippen molar-refractivity contribution in [1.82, 2.24) is 24.2 Å². The number of hydrogen-bond acceptors (Lipinski definition) is 6. The van der Waals surface area contributed by atoms with E-state index in [1.165, 1.54) is 29.0 Å². The van der Waals surface area contributed by atoms with E-state index in [4.69, 9.17) is 0 Å². The van der Waals surface area contributed by atoms with Gasteiger partial charge in [-0.15, -0.1) is 0 Å². The van der Waals surface area contributed by atoms with E-state index in [0.29, 0.717) is 41.3 Å². The third-order valence-electron chi connectivity index (χ3n) is 5.68. The summed E-state index contributed by atoms with van der Waals surface area (Å²) in [6.07, 6.45) is 9.90. The quantitative estimate of drug-likeness (QED) is 0.428. The summed E-state index contributed by atoms with van der Waals surface area (Å²) in [6.45, 7) is 3.49. The van der Waals surface area contributed by atoms with Gasteiger partial charge < -0.3 is 4.98 Å². The van der Waals surface area contributed by atoms with Gasteiger partial charge in [-0.05, 0) is 30.5 Å². The molecule has 0 aliphatic carbocycles. The number of carbonyl (C=O) groups excluding carboxylic acids is 1. The molecule has 4 heterocycles. The van der Waals surface area contributed by atoms with E-state index in [1.54, 1.807) is 24.7 Å². The van der Waals surface area contributed by atoms with Crippen LogP contribution in [0.15, 0.2) is 55.2 Å². The minimum atomic E-state index is -2.90. The van der Waals surface area contributed by atoms with Crippen LogP contribution in [0.5, 0.6) is 0 Å². The highest BCUT2D eigenvalue weighted by molar-refractivity contribution is 7.88. The van der Waals surface area contributed by atoms with Crippen molar-refractivity contribution in [3.05, 3.63) is 78.0 Å². The van der Waals surface area contributed by atoms with Gasteiger partial charge in [0.1, 0.15) is 17.3 Å². The number of sulfonamides is 1. The largest absolute Gasteiger partial charge is 0.345 e. The molecule has 8 nitrogen and oxygen atoms in total. The number of benzene rings is 1. The molecule has 1 atom stereocenters. The fourth-order valence-electron chi connectivity index (χ4n) is 3.82. The lowest BCUT2D eigenvalue weighted by Crippen LogP contribution is -2.27. The lowest BCUT2D eigenvalue weighted by atomic mass is 10.0. The number of hydrogen-bond donors (Lipinski definition) is 1. The van der Waals surface area contributed by atoms with E-state index in [0.717, 1.165) is 18.6 Å². The van der Waals surface area contributed by atoms with Gasteiger partial charge in [-0.3, -0.25) is 14.8 Å². The maximum absolute atomic E-state index is 13.9. The van der Waals surface area contributed by atoms with Gasteiger partial charge >= 0.3 is 0 Å². The smallest absolute Gasteiger partial charge is 0.211 e. The highest BCUT2D eigenvalue weighted by Crippen LogP contribution is 2.26. The van der Waals surface area contributed by atoms with Gasteiger partial charge in [0.25, 0.3) is 0 Å². The topological polar surface area (TPSA) is 109 Å². The molecule has 0 spiro atoms. The Labute approximate surface area is 201 Å². The average Bonchev–Trinajstić information content (AvgIpc) is 3.46. The Balaban J connectivity index is 0.000000243. The Morgan fingerprint density at radius 1 is 1.14 bits per heavy atom. The van der Waals surface area contributed by atoms with Crippen molar-refractivity contribution in [3.8, 4) is 11.3 Å².